The van der Waals surface area contributed by atoms with Gasteiger partial charge in [0.15, 0.2) is 0 Å². The van der Waals surface area contributed by atoms with Gasteiger partial charge in [-0.2, -0.15) is 0 Å². The van der Waals surface area contributed by atoms with Crippen LogP contribution in [0.3, 0.4) is 0 Å². The Morgan fingerprint density at radius 2 is 1.64 bits per heavy atom. The predicted octanol–water partition coefficient (Wildman–Crippen LogP) is 4.43. The molecule has 0 bridgehead atoms. The van der Waals surface area contributed by atoms with Crippen LogP contribution >= 0.6 is 0 Å². The highest BCUT2D eigenvalue weighted by atomic mass is 16.5. The Morgan fingerprint density at radius 1 is 0.939 bits per heavy atom. The number of methoxy groups -OCH3 is 1. The Balaban J connectivity index is 1.48. The third kappa shape index (κ3) is 4.72. The van der Waals surface area contributed by atoms with E-state index in [4.69, 9.17) is 4.74 Å². The lowest BCUT2D eigenvalue weighted by molar-refractivity contribution is -0.118. The van der Waals surface area contributed by atoms with Crippen LogP contribution < -0.4 is 15.4 Å². The monoisotopic (exact) mass is 442 g/mol. The zero-order valence-corrected chi connectivity index (χ0v) is 18.8. The number of hydrogen-bond donors (Lipinski definition) is 2. The van der Waals surface area contributed by atoms with Crippen molar-refractivity contribution in [3.63, 3.8) is 0 Å². The molecule has 168 valence electrons. The number of rotatable bonds is 7. The van der Waals surface area contributed by atoms with Crippen molar-refractivity contribution in [2.24, 2.45) is 5.92 Å². The van der Waals surface area contributed by atoms with E-state index in [0.29, 0.717) is 17.0 Å². The number of hydrogen-bond acceptors (Lipinski definition) is 4. The Morgan fingerprint density at radius 3 is 2.36 bits per heavy atom. The molecule has 1 atom stereocenters. The number of amides is 2. The summed E-state index contributed by atoms with van der Waals surface area (Å²) in [6.45, 7) is 3.78. The lowest BCUT2D eigenvalue weighted by atomic mass is 10.0. The molecule has 0 aliphatic heterocycles. The number of anilines is 1. The summed E-state index contributed by atoms with van der Waals surface area (Å²) in [5.74, 6) is -0.293. The van der Waals surface area contributed by atoms with Crippen molar-refractivity contribution in [2.75, 3.05) is 12.4 Å². The molecule has 4 rings (SSSR count). The molecule has 0 radical (unpaired) electrons. The molecule has 33 heavy (non-hydrogen) atoms. The summed E-state index contributed by atoms with van der Waals surface area (Å²) in [5, 5.41) is 5.75. The van der Waals surface area contributed by atoms with Gasteiger partial charge in [-0.25, -0.2) is 4.98 Å². The lowest BCUT2D eigenvalue weighted by Crippen LogP contribution is -2.47. The number of imidazole rings is 1. The van der Waals surface area contributed by atoms with E-state index >= 15 is 0 Å². The summed E-state index contributed by atoms with van der Waals surface area (Å²) < 4.78 is 7.26. The molecular formula is C26H26N4O3. The molecule has 0 fully saturated rings. The second-order valence-corrected chi connectivity index (χ2v) is 8.03. The predicted molar refractivity (Wildman–Crippen MR) is 129 cm³/mol. The fourth-order valence-electron chi connectivity index (χ4n) is 3.68. The van der Waals surface area contributed by atoms with Gasteiger partial charge in [-0.1, -0.05) is 38.1 Å². The third-order valence-corrected chi connectivity index (χ3v) is 5.45. The molecule has 1 aromatic heterocycles. The van der Waals surface area contributed by atoms with Gasteiger partial charge in [0.2, 0.25) is 5.91 Å². The number of para-hydroxylation sites is 3. The van der Waals surface area contributed by atoms with Crippen LogP contribution in [0.5, 0.6) is 5.75 Å². The van der Waals surface area contributed by atoms with E-state index in [2.05, 4.69) is 15.6 Å². The van der Waals surface area contributed by atoms with Crippen molar-refractivity contribution < 1.29 is 14.3 Å². The number of benzene rings is 3. The molecular weight excluding hydrogens is 416 g/mol. The molecule has 0 spiro atoms. The number of nitrogens with zero attached hydrogens (tertiary/aromatic N) is 2. The van der Waals surface area contributed by atoms with Gasteiger partial charge in [0, 0.05) is 11.4 Å². The number of carbonyl (C=O) groups is 2. The largest absolute Gasteiger partial charge is 0.496 e. The molecule has 4 aromatic rings. The first-order valence-corrected chi connectivity index (χ1v) is 10.7. The zero-order chi connectivity index (χ0) is 23.4. The summed E-state index contributed by atoms with van der Waals surface area (Å²) in [4.78, 5) is 30.2. The van der Waals surface area contributed by atoms with Crippen molar-refractivity contribution in [3.05, 3.63) is 84.7 Å². The van der Waals surface area contributed by atoms with E-state index in [-0.39, 0.29) is 17.7 Å². The molecule has 2 amide bonds. The molecule has 0 unspecified atom stereocenters. The second-order valence-electron chi connectivity index (χ2n) is 8.03. The standard InChI is InChI=1S/C26H26N4O3/c1-17(2)24(29-25(31)20-8-4-7-11-23(20)33-3)26(32)28-18-12-14-19(15-13-18)30-16-27-21-9-5-6-10-22(21)30/h4-17,24H,1-3H3,(H,28,32)(H,29,31)/t24-/m0/s1. The molecule has 0 aliphatic carbocycles. The van der Waals surface area contributed by atoms with Crippen LogP contribution in [0.2, 0.25) is 0 Å². The number of ether oxygens (including phenoxy) is 1. The second kappa shape index (κ2) is 9.56. The summed E-state index contributed by atoms with van der Waals surface area (Å²) in [5.41, 5.74) is 3.89. The number of nitrogens with one attached hydrogen (secondary N) is 2. The lowest BCUT2D eigenvalue weighted by Gasteiger charge is -2.22. The van der Waals surface area contributed by atoms with Gasteiger partial charge in [-0.15, -0.1) is 0 Å². The van der Waals surface area contributed by atoms with Gasteiger partial charge in [0.05, 0.1) is 23.7 Å². The van der Waals surface area contributed by atoms with Gasteiger partial charge in [0.25, 0.3) is 5.91 Å². The minimum Gasteiger partial charge on any atom is -0.496 e. The Kier molecular flexibility index (Phi) is 6.40. The first-order chi connectivity index (χ1) is 16.0. The highest BCUT2D eigenvalue weighted by Gasteiger charge is 2.26. The molecule has 0 aliphatic rings. The number of carbonyl (C=O) groups excluding carboxylic acids is 2. The zero-order valence-electron chi connectivity index (χ0n) is 18.8. The van der Waals surface area contributed by atoms with E-state index in [9.17, 15) is 9.59 Å². The van der Waals surface area contributed by atoms with Crippen LogP contribution in [0.1, 0.15) is 24.2 Å². The molecule has 2 N–H and O–H groups in total. The summed E-state index contributed by atoms with van der Waals surface area (Å²) >= 11 is 0. The van der Waals surface area contributed by atoms with Gasteiger partial charge < -0.3 is 15.4 Å². The first kappa shape index (κ1) is 22.1. The Hall–Kier alpha value is -4.13. The van der Waals surface area contributed by atoms with Gasteiger partial charge in [0.1, 0.15) is 18.1 Å². The molecule has 0 saturated carbocycles. The normalized spacial score (nSPS) is 11.9. The van der Waals surface area contributed by atoms with Crippen molar-refractivity contribution in [1.82, 2.24) is 14.9 Å². The molecule has 1 heterocycles. The maximum atomic E-state index is 13.0. The topological polar surface area (TPSA) is 85.2 Å². The Bertz CT molecular complexity index is 1280. The van der Waals surface area contributed by atoms with Crippen LogP contribution in [-0.4, -0.2) is 34.5 Å². The highest BCUT2D eigenvalue weighted by molar-refractivity contribution is 6.02. The van der Waals surface area contributed by atoms with Crippen molar-refractivity contribution in [2.45, 2.75) is 19.9 Å². The van der Waals surface area contributed by atoms with Crippen LogP contribution in [0.4, 0.5) is 5.69 Å². The molecule has 7 heteroatoms. The maximum absolute atomic E-state index is 13.0. The van der Waals surface area contributed by atoms with E-state index in [0.717, 1.165) is 16.7 Å². The SMILES string of the molecule is COc1ccccc1C(=O)N[C@H](C(=O)Nc1ccc(-n2cnc3ccccc32)cc1)C(C)C. The maximum Gasteiger partial charge on any atom is 0.255 e. The van der Waals surface area contributed by atoms with Gasteiger partial charge in [-0.3, -0.25) is 14.2 Å². The average Bonchev–Trinajstić information content (AvgIpc) is 3.26. The third-order valence-electron chi connectivity index (χ3n) is 5.45. The quantitative estimate of drug-likeness (QED) is 0.444. The van der Waals surface area contributed by atoms with E-state index in [1.54, 1.807) is 30.6 Å². The van der Waals surface area contributed by atoms with Crippen molar-refractivity contribution in [3.8, 4) is 11.4 Å². The minimum absolute atomic E-state index is 0.111. The van der Waals surface area contributed by atoms with Crippen molar-refractivity contribution >= 4 is 28.5 Å². The average molecular weight is 443 g/mol. The smallest absolute Gasteiger partial charge is 0.255 e. The summed E-state index contributed by atoms with van der Waals surface area (Å²) in [6.07, 6.45) is 1.78. The first-order valence-electron chi connectivity index (χ1n) is 10.7. The van der Waals surface area contributed by atoms with E-state index in [1.165, 1.54) is 7.11 Å². The number of aromatic nitrogens is 2. The van der Waals surface area contributed by atoms with Crippen LogP contribution in [0.25, 0.3) is 16.7 Å². The number of fused-ring (bicyclic) bond motifs is 1. The molecule has 0 saturated heterocycles. The van der Waals surface area contributed by atoms with Crippen LogP contribution in [0, 0.1) is 5.92 Å². The van der Waals surface area contributed by atoms with E-state index < -0.39 is 6.04 Å². The highest BCUT2D eigenvalue weighted by Crippen LogP contribution is 2.21. The Labute approximate surface area is 192 Å². The fraction of sp³-hybridized carbons (Fsp3) is 0.192. The van der Waals surface area contributed by atoms with E-state index in [1.807, 2.05) is 66.9 Å². The minimum atomic E-state index is -0.709. The van der Waals surface area contributed by atoms with Gasteiger partial charge >= 0.3 is 0 Å². The summed E-state index contributed by atoms with van der Waals surface area (Å²) in [7, 11) is 1.51. The fourth-order valence-corrected chi connectivity index (χ4v) is 3.68. The molecule has 3 aromatic carbocycles. The molecule has 7 nitrogen and oxygen atoms in total. The van der Waals surface area contributed by atoms with Crippen LogP contribution in [0.15, 0.2) is 79.1 Å². The van der Waals surface area contributed by atoms with Gasteiger partial charge in [-0.05, 0) is 54.4 Å². The van der Waals surface area contributed by atoms with Crippen molar-refractivity contribution in [1.29, 1.82) is 0 Å². The van der Waals surface area contributed by atoms with Crippen LogP contribution in [-0.2, 0) is 4.79 Å². The summed E-state index contributed by atoms with van der Waals surface area (Å²) in [6, 6.07) is 21.6.